The normalized spacial score (nSPS) is 10.0. The number of rotatable bonds is 5. The van der Waals surface area contributed by atoms with Gasteiger partial charge in [-0.3, -0.25) is 0 Å². The molecule has 1 N–H and O–H groups in total. The first-order chi connectivity index (χ1) is 6.36. The van der Waals surface area contributed by atoms with E-state index < -0.39 is 0 Å². The van der Waals surface area contributed by atoms with Crippen molar-refractivity contribution in [3.63, 3.8) is 0 Å². The summed E-state index contributed by atoms with van der Waals surface area (Å²) in [5, 5.41) is 4.19. The van der Waals surface area contributed by atoms with E-state index in [1.54, 1.807) is 18.0 Å². The highest BCUT2D eigenvalue weighted by atomic mass is 32.2. The molecule has 0 fully saturated rings. The van der Waals surface area contributed by atoms with Crippen molar-refractivity contribution in [2.24, 2.45) is 0 Å². The molecule has 0 aromatic carbocycles. The van der Waals surface area contributed by atoms with E-state index in [1.165, 1.54) is 6.42 Å². The molecular formula is C9H15N3S. The minimum absolute atomic E-state index is 0.736. The van der Waals surface area contributed by atoms with Crippen molar-refractivity contribution in [1.82, 2.24) is 9.97 Å². The van der Waals surface area contributed by atoms with E-state index in [-0.39, 0.29) is 0 Å². The van der Waals surface area contributed by atoms with Gasteiger partial charge in [0.05, 0.1) is 0 Å². The average molecular weight is 197 g/mol. The molecule has 13 heavy (non-hydrogen) atoms. The van der Waals surface area contributed by atoms with Crippen LogP contribution in [0.3, 0.4) is 0 Å². The van der Waals surface area contributed by atoms with E-state index in [0.717, 1.165) is 23.9 Å². The third-order valence-corrected chi connectivity index (χ3v) is 2.30. The van der Waals surface area contributed by atoms with Crippen molar-refractivity contribution in [2.45, 2.75) is 24.8 Å². The van der Waals surface area contributed by atoms with E-state index >= 15 is 0 Å². The van der Waals surface area contributed by atoms with Crippen molar-refractivity contribution >= 4 is 17.7 Å². The molecule has 1 aromatic heterocycles. The van der Waals surface area contributed by atoms with Crippen LogP contribution in [0.4, 0.5) is 5.95 Å². The third-order valence-electron chi connectivity index (χ3n) is 1.65. The van der Waals surface area contributed by atoms with Crippen LogP contribution in [0.1, 0.15) is 19.8 Å². The zero-order valence-corrected chi connectivity index (χ0v) is 8.90. The molecule has 0 atom stereocenters. The van der Waals surface area contributed by atoms with E-state index in [1.807, 2.05) is 12.3 Å². The van der Waals surface area contributed by atoms with Crippen LogP contribution in [0, 0.1) is 0 Å². The summed E-state index contributed by atoms with van der Waals surface area (Å²) in [4.78, 5) is 8.43. The highest BCUT2D eigenvalue weighted by Gasteiger charge is 1.95. The van der Waals surface area contributed by atoms with Crippen molar-refractivity contribution in [3.8, 4) is 0 Å². The fraction of sp³-hybridized carbons (Fsp3) is 0.556. The molecule has 1 aromatic rings. The van der Waals surface area contributed by atoms with E-state index in [2.05, 4.69) is 22.2 Å². The highest BCUT2D eigenvalue weighted by molar-refractivity contribution is 7.98. The van der Waals surface area contributed by atoms with Gasteiger partial charge in [-0.05, 0) is 18.7 Å². The predicted molar refractivity (Wildman–Crippen MR) is 57.2 cm³/mol. The Balaban J connectivity index is 2.46. The number of nitrogens with zero attached hydrogens (tertiary/aromatic N) is 2. The van der Waals surface area contributed by atoms with Crippen LogP contribution < -0.4 is 5.32 Å². The molecule has 0 radical (unpaired) electrons. The molecule has 0 aliphatic rings. The first-order valence-electron chi connectivity index (χ1n) is 4.47. The SMILES string of the molecule is CCCCNc1nccc(SC)n1. The minimum atomic E-state index is 0.736. The Morgan fingerprint density at radius 2 is 2.38 bits per heavy atom. The van der Waals surface area contributed by atoms with Gasteiger partial charge in [0.1, 0.15) is 5.03 Å². The van der Waals surface area contributed by atoms with Crippen LogP contribution in [-0.2, 0) is 0 Å². The maximum atomic E-state index is 4.30. The number of hydrogen-bond donors (Lipinski definition) is 1. The summed E-state index contributed by atoms with van der Waals surface area (Å²) in [6.45, 7) is 3.12. The zero-order chi connectivity index (χ0) is 9.52. The lowest BCUT2D eigenvalue weighted by molar-refractivity contribution is 0.823. The Labute approximate surface area is 83.4 Å². The van der Waals surface area contributed by atoms with Crippen molar-refractivity contribution in [3.05, 3.63) is 12.3 Å². The zero-order valence-electron chi connectivity index (χ0n) is 8.08. The molecule has 0 spiro atoms. The maximum absolute atomic E-state index is 4.30. The van der Waals surface area contributed by atoms with Crippen LogP contribution in [0.15, 0.2) is 17.3 Å². The Kier molecular flexibility index (Phi) is 4.60. The lowest BCUT2D eigenvalue weighted by Gasteiger charge is -2.03. The lowest BCUT2D eigenvalue weighted by Crippen LogP contribution is -2.04. The molecule has 72 valence electrons. The van der Waals surface area contributed by atoms with Gasteiger partial charge in [-0.25, -0.2) is 9.97 Å². The van der Waals surface area contributed by atoms with Gasteiger partial charge >= 0.3 is 0 Å². The first kappa shape index (κ1) is 10.3. The smallest absolute Gasteiger partial charge is 0.223 e. The molecule has 0 saturated heterocycles. The molecule has 0 saturated carbocycles. The van der Waals surface area contributed by atoms with Crippen LogP contribution in [0.25, 0.3) is 0 Å². The van der Waals surface area contributed by atoms with E-state index in [4.69, 9.17) is 0 Å². The Morgan fingerprint density at radius 3 is 3.08 bits per heavy atom. The largest absolute Gasteiger partial charge is 0.354 e. The lowest BCUT2D eigenvalue weighted by atomic mass is 10.3. The number of hydrogen-bond acceptors (Lipinski definition) is 4. The fourth-order valence-corrected chi connectivity index (χ4v) is 1.29. The molecule has 0 bridgehead atoms. The highest BCUT2D eigenvalue weighted by Crippen LogP contribution is 2.11. The van der Waals surface area contributed by atoms with Crippen molar-refractivity contribution in [1.29, 1.82) is 0 Å². The van der Waals surface area contributed by atoms with Crippen LogP contribution in [0.5, 0.6) is 0 Å². The van der Waals surface area contributed by atoms with Gasteiger partial charge in [-0.15, -0.1) is 11.8 Å². The molecule has 0 amide bonds. The number of thioether (sulfide) groups is 1. The van der Waals surface area contributed by atoms with Gasteiger partial charge in [0, 0.05) is 12.7 Å². The van der Waals surface area contributed by atoms with Gasteiger partial charge in [0.25, 0.3) is 0 Å². The monoisotopic (exact) mass is 197 g/mol. The first-order valence-corrected chi connectivity index (χ1v) is 5.70. The Morgan fingerprint density at radius 1 is 1.54 bits per heavy atom. The molecule has 3 nitrogen and oxygen atoms in total. The second-order valence-electron chi connectivity index (χ2n) is 2.70. The molecule has 1 heterocycles. The van der Waals surface area contributed by atoms with Crippen LogP contribution in [-0.4, -0.2) is 22.8 Å². The Bertz CT molecular complexity index is 252. The van der Waals surface area contributed by atoms with Gasteiger partial charge in [-0.2, -0.15) is 0 Å². The third kappa shape index (κ3) is 3.63. The van der Waals surface area contributed by atoms with Crippen molar-refractivity contribution in [2.75, 3.05) is 18.1 Å². The summed E-state index contributed by atoms with van der Waals surface area (Å²) in [5.74, 6) is 0.736. The molecule has 0 unspecified atom stereocenters. The number of anilines is 1. The molecule has 1 rings (SSSR count). The summed E-state index contributed by atoms with van der Waals surface area (Å²) in [5.41, 5.74) is 0. The number of unbranched alkanes of at least 4 members (excludes halogenated alkanes) is 1. The van der Waals surface area contributed by atoms with Gasteiger partial charge < -0.3 is 5.32 Å². The fourth-order valence-electron chi connectivity index (χ4n) is 0.918. The molecular weight excluding hydrogens is 182 g/mol. The van der Waals surface area contributed by atoms with E-state index in [0.29, 0.717) is 0 Å². The molecule has 4 heteroatoms. The summed E-state index contributed by atoms with van der Waals surface area (Å²) in [6.07, 6.45) is 6.15. The summed E-state index contributed by atoms with van der Waals surface area (Å²) >= 11 is 1.63. The quantitative estimate of drug-likeness (QED) is 0.447. The Hall–Kier alpha value is -0.770. The van der Waals surface area contributed by atoms with Crippen molar-refractivity contribution < 1.29 is 0 Å². The van der Waals surface area contributed by atoms with E-state index in [9.17, 15) is 0 Å². The van der Waals surface area contributed by atoms with Gasteiger partial charge in [0.15, 0.2) is 0 Å². The summed E-state index contributed by atoms with van der Waals surface area (Å²) in [6, 6.07) is 1.91. The minimum Gasteiger partial charge on any atom is -0.354 e. The maximum Gasteiger partial charge on any atom is 0.223 e. The van der Waals surface area contributed by atoms with Gasteiger partial charge in [0.2, 0.25) is 5.95 Å². The van der Waals surface area contributed by atoms with Crippen LogP contribution in [0.2, 0.25) is 0 Å². The topological polar surface area (TPSA) is 37.8 Å². The second-order valence-corrected chi connectivity index (χ2v) is 3.53. The standard InChI is InChI=1S/C9H15N3S/c1-3-4-6-10-9-11-7-5-8(12-9)13-2/h5,7H,3-4,6H2,1-2H3,(H,10,11,12). The average Bonchev–Trinajstić information content (AvgIpc) is 2.19. The number of nitrogens with one attached hydrogen (secondary N) is 1. The predicted octanol–water partition coefficient (Wildman–Crippen LogP) is 2.41. The number of aromatic nitrogens is 2. The molecule has 0 aliphatic heterocycles. The summed E-state index contributed by atoms with van der Waals surface area (Å²) in [7, 11) is 0. The molecule has 0 aliphatic carbocycles. The van der Waals surface area contributed by atoms with Crippen LogP contribution >= 0.6 is 11.8 Å². The van der Waals surface area contributed by atoms with Gasteiger partial charge in [-0.1, -0.05) is 13.3 Å². The second kappa shape index (κ2) is 5.80. The summed E-state index contributed by atoms with van der Waals surface area (Å²) < 4.78 is 0.